The lowest BCUT2D eigenvalue weighted by molar-refractivity contribution is -0.115. The van der Waals surface area contributed by atoms with Crippen LogP contribution in [0.4, 0.5) is 5.13 Å². The Bertz CT molecular complexity index is 1330. The van der Waals surface area contributed by atoms with Gasteiger partial charge < -0.3 is 14.5 Å². The molecule has 1 amide bonds. The summed E-state index contributed by atoms with van der Waals surface area (Å²) in [6, 6.07) is 14.2. The van der Waals surface area contributed by atoms with Gasteiger partial charge in [-0.3, -0.25) is 10.1 Å². The molecule has 0 aliphatic rings. The summed E-state index contributed by atoms with van der Waals surface area (Å²) in [7, 11) is 1.61. The topological polar surface area (TPSA) is 76.4 Å². The molecule has 0 bridgehead atoms. The van der Waals surface area contributed by atoms with E-state index in [4.69, 9.17) is 44.6 Å². The van der Waals surface area contributed by atoms with E-state index in [-0.39, 0.29) is 5.11 Å². The molecule has 0 atom stereocenters. The molecule has 10 heteroatoms. The van der Waals surface area contributed by atoms with Gasteiger partial charge in [-0.1, -0.05) is 34.5 Å². The number of carbonyl (C=O) groups excluding carboxylic acids is 1. The number of nitrogens with zero attached hydrogens (tertiary/aromatic N) is 1. The van der Waals surface area contributed by atoms with Crippen molar-refractivity contribution >= 4 is 79.2 Å². The maximum absolute atomic E-state index is 12.2. The first-order valence-corrected chi connectivity index (χ1v) is 11.2. The number of amides is 1. The number of methoxy groups -OCH3 is 1. The molecule has 0 radical (unpaired) electrons. The fourth-order valence-electron chi connectivity index (χ4n) is 2.82. The highest BCUT2D eigenvalue weighted by Crippen LogP contribution is 2.30. The minimum absolute atomic E-state index is 0.138. The highest BCUT2D eigenvalue weighted by Gasteiger charge is 2.09. The number of thiocarbonyl (C=S) groups is 1. The maximum Gasteiger partial charge on any atom is 0.250 e. The number of thiazole rings is 1. The number of ether oxygens (including phenoxy) is 1. The normalized spacial score (nSPS) is 11.1. The zero-order chi connectivity index (χ0) is 22.7. The second-order valence-corrected chi connectivity index (χ2v) is 8.80. The van der Waals surface area contributed by atoms with Gasteiger partial charge in [-0.25, -0.2) is 4.98 Å². The quantitative estimate of drug-likeness (QED) is 0.242. The van der Waals surface area contributed by atoms with Gasteiger partial charge >= 0.3 is 0 Å². The van der Waals surface area contributed by atoms with E-state index in [9.17, 15) is 4.79 Å². The second kappa shape index (κ2) is 9.70. The summed E-state index contributed by atoms with van der Waals surface area (Å²) in [5.74, 6) is 1.41. The number of rotatable bonds is 5. The molecule has 32 heavy (non-hydrogen) atoms. The van der Waals surface area contributed by atoms with Crippen molar-refractivity contribution in [2.45, 2.75) is 0 Å². The molecule has 6 nitrogen and oxygen atoms in total. The van der Waals surface area contributed by atoms with Gasteiger partial charge in [0.1, 0.15) is 17.3 Å². The third-order valence-electron chi connectivity index (χ3n) is 4.23. The van der Waals surface area contributed by atoms with Crippen molar-refractivity contribution in [3.8, 4) is 17.1 Å². The molecule has 162 valence electrons. The summed E-state index contributed by atoms with van der Waals surface area (Å²) in [4.78, 5) is 16.6. The van der Waals surface area contributed by atoms with E-state index in [0.717, 1.165) is 21.5 Å². The van der Waals surface area contributed by atoms with Crippen molar-refractivity contribution in [1.82, 2.24) is 10.3 Å². The maximum atomic E-state index is 12.2. The van der Waals surface area contributed by atoms with Crippen molar-refractivity contribution in [2.75, 3.05) is 12.4 Å². The van der Waals surface area contributed by atoms with Crippen LogP contribution >= 0.6 is 46.8 Å². The van der Waals surface area contributed by atoms with E-state index >= 15 is 0 Å². The van der Waals surface area contributed by atoms with Crippen LogP contribution in [-0.4, -0.2) is 23.1 Å². The van der Waals surface area contributed by atoms with Gasteiger partial charge in [0, 0.05) is 21.7 Å². The Hall–Kier alpha value is -2.91. The summed E-state index contributed by atoms with van der Waals surface area (Å²) in [6.45, 7) is 0. The Morgan fingerprint density at radius 3 is 2.69 bits per heavy atom. The Morgan fingerprint density at radius 1 is 1.16 bits per heavy atom. The molecule has 2 aromatic heterocycles. The first-order chi connectivity index (χ1) is 15.4. The smallest absolute Gasteiger partial charge is 0.250 e. The zero-order valence-electron chi connectivity index (χ0n) is 16.5. The summed E-state index contributed by atoms with van der Waals surface area (Å²) in [5.41, 5.74) is 1.55. The monoisotopic (exact) mass is 503 g/mol. The van der Waals surface area contributed by atoms with Crippen LogP contribution in [0.1, 0.15) is 5.76 Å². The van der Waals surface area contributed by atoms with Gasteiger partial charge in [0.2, 0.25) is 5.91 Å². The molecule has 0 aliphatic heterocycles. The number of aromatic nitrogens is 1. The number of anilines is 1. The molecule has 0 saturated heterocycles. The molecular weight excluding hydrogens is 489 g/mol. The number of halogens is 2. The third kappa shape index (κ3) is 5.46. The molecule has 0 spiro atoms. The van der Waals surface area contributed by atoms with Crippen LogP contribution in [0, 0.1) is 0 Å². The van der Waals surface area contributed by atoms with E-state index in [0.29, 0.717) is 26.7 Å². The number of furan rings is 1. The van der Waals surface area contributed by atoms with Gasteiger partial charge in [0.05, 0.1) is 17.3 Å². The molecule has 4 rings (SSSR count). The van der Waals surface area contributed by atoms with Crippen molar-refractivity contribution in [3.63, 3.8) is 0 Å². The molecule has 0 unspecified atom stereocenters. The van der Waals surface area contributed by atoms with Crippen LogP contribution < -0.4 is 15.4 Å². The minimum atomic E-state index is -0.408. The lowest BCUT2D eigenvalue weighted by atomic mass is 10.2. The average Bonchev–Trinajstić information content (AvgIpc) is 3.37. The second-order valence-electron chi connectivity index (χ2n) is 6.49. The van der Waals surface area contributed by atoms with Crippen molar-refractivity contribution in [1.29, 1.82) is 0 Å². The van der Waals surface area contributed by atoms with E-state index < -0.39 is 5.91 Å². The Morgan fingerprint density at radius 2 is 1.94 bits per heavy atom. The van der Waals surface area contributed by atoms with Crippen LogP contribution in [0.3, 0.4) is 0 Å². The van der Waals surface area contributed by atoms with Crippen LogP contribution in [0.25, 0.3) is 27.6 Å². The van der Waals surface area contributed by atoms with Crippen LogP contribution in [-0.2, 0) is 4.79 Å². The first-order valence-electron chi connectivity index (χ1n) is 9.20. The van der Waals surface area contributed by atoms with E-state index in [1.54, 1.807) is 37.4 Å². The standard InChI is InChI=1S/C22H15Cl2N3O3S2/c1-29-16-2-5-17-19(11-16)32-22(25-17)27-21(31)26-20(28)7-4-15-3-6-18(30-15)12-8-13(23)10-14(24)9-12/h2-11H,1H3,(H2,25,26,27,28,31)/b7-4+. The summed E-state index contributed by atoms with van der Waals surface area (Å²) >= 11 is 18.7. The molecule has 4 aromatic rings. The van der Waals surface area contributed by atoms with Gasteiger partial charge in [-0.2, -0.15) is 0 Å². The summed E-state index contributed by atoms with van der Waals surface area (Å²) < 4.78 is 11.9. The largest absolute Gasteiger partial charge is 0.497 e. The predicted molar refractivity (Wildman–Crippen MR) is 134 cm³/mol. The van der Waals surface area contributed by atoms with E-state index in [1.807, 2.05) is 18.2 Å². The summed E-state index contributed by atoms with van der Waals surface area (Å²) in [5, 5.41) is 7.22. The SMILES string of the molecule is COc1ccc2nc(NC(=S)NC(=O)/C=C/c3ccc(-c4cc(Cl)cc(Cl)c4)o3)sc2c1. The zero-order valence-corrected chi connectivity index (χ0v) is 19.7. The third-order valence-corrected chi connectivity index (χ3v) is 5.80. The molecule has 2 heterocycles. The molecular formula is C22H15Cl2N3O3S2. The van der Waals surface area contributed by atoms with Crippen molar-refractivity contribution in [3.05, 3.63) is 70.4 Å². The number of carbonyl (C=O) groups is 1. The number of hydrogen-bond acceptors (Lipinski definition) is 6. The van der Waals surface area contributed by atoms with Crippen molar-refractivity contribution < 1.29 is 13.9 Å². The van der Waals surface area contributed by atoms with Crippen molar-refractivity contribution in [2.24, 2.45) is 0 Å². The number of fused-ring (bicyclic) bond motifs is 1. The molecule has 2 aromatic carbocycles. The molecule has 0 fully saturated rings. The fourth-order valence-corrected chi connectivity index (χ4v) is 4.51. The van der Waals surface area contributed by atoms with Crippen LogP contribution in [0.2, 0.25) is 10.0 Å². The van der Waals surface area contributed by atoms with Crippen LogP contribution in [0.15, 0.2) is 59.0 Å². The fraction of sp³-hybridized carbons (Fsp3) is 0.0455. The lowest BCUT2D eigenvalue weighted by Crippen LogP contribution is -2.32. The number of benzene rings is 2. The average molecular weight is 504 g/mol. The Kier molecular flexibility index (Phi) is 6.76. The van der Waals surface area contributed by atoms with Gasteiger partial charge in [-0.15, -0.1) is 0 Å². The molecule has 0 aliphatic carbocycles. The lowest BCUT2D eigenvalue weighted by Gasteiger charge is -2.04. The summed E-state index contributed by atoms with van der Waals surface area (Å²) in [6.07, 6.45) is 2.86. The van der Waals surface area contributed by atoms with E-state index in [1.165, 1.54) is 23.5 Å². The van der Waals surface area contributed by atoms with E-state index in [2.05, 4.69) is 15.6 Å². The predicted octanol–water partition coefficient (Wildman–Crippen LogP) is 6.40. The van der Waals surface area contributed by atoms with Gasteiger partial charge in [0.15, 0.2) is 10.2 Å². The molecule has 0 saturated carbocycles. The highest BCUT2D eigenvalue weighted by atomic mass is 35.5. The van der Waals surface area contributed by atoms with Crippen LogP contribution in [0.5, 0.6) is 5.75 Å². The number of hydrogen-bond donors (Lipinski definition) is 2. The Labute approximate surface area is 202 Å². The van der Waals surface area contributed by atoms with Gasteiger partial charge in [0.25, 0.3) is 0 Å². The Balaban J connectivity index is 1.36. The molecule has 2 N–H and O–H groups in total. The highest BCUT2D eigenvalue weighted by molar-refractivity contribution is 7.80. The minimum Gasteiger partial charge on any atom is -0.497 e. The van der Waals surface area contributed by atoms with Gasteiger partial charge in [-0.05, 0) is 66.8 Å². The number of nitrogens with one attached hydrogen (secondary N) is 2. The first kappa shape index (κ1) is 22.3.